The van der Waals surface area contributed by atoms with Gasteiger partial charge in [0.1, 0.15) is 11.2 Å². The highest BCUT2D eigenvalue weighted by Gasteiger charge is 2.27. The second-order valence-electron chi connectivity index (χ2n) is 14.7. The van der Waals surface area contributed by atoms with Crippen LogP contribution in [0.25, 0.3) is 87.6 Å². The lowest BCUT2D eigenvalue weighted by atomic mass is 9.76. The zero-order chi connectivity index (χ0) is 35.3. The molecule has 0 aliphatic carbocycles. The van der Waals surface area contributed by atoms with Crippen LogP contribution in [0.1, 0.15) is 44.5 Å². The van der Waals surface area contributed by atoms with Gasteiger partial charge in [0.25, 0.3) is 0 Å². The van der Waals surface area contributed by atoms with Gasteiger partial charge in [-0.3, -0.25) is 0 Å². The predicted molar refractivity (Wildman–Crippen MR) is 220 cm³/mol. The van der Waals surface area contributed by atoms with Gasteiger partial charge in [0.15, 0.2) is 0 Å². The molecule has 1 aromatic heterocycles. The minimum absolute atomic E-state index is 0.927. The van der Waals surface area contributed by atoms with Gasteiger partial charge in [-0.1, -0.05) is 91.0 Å². The van der Waals surface area contributed by atoms with E-state index in [1.165, 1.54) is 116 Å². The number of hydrogen-bond donors (Lipinski definition) is 0. The Labute approximate surface area is 300 Å². The van der Waals surface area contributed by atoms with E-state index in [1.807, 2.05) is 0 Å². The summed E-state index contributed by atoms with van der Waals surface area (Å²) in [5.41, 5.74) is 20.3. The average Bonchev–Trinajstić information content (AvgIpc) is 3.55. The summed E-state index contributed by atoms with van der Waals surface area (Å²) in [5.74, 6) is 0. The fourth-order valence-corrected chi connectivity index (χ4v) is 8.86. The lowest BCUT2D eigenvalue weighted by Gasteiger charge is -2.27. The van der Waals surface area contributed by atoms with Crippen LogP contribution in [0.5, 0.6) is 0 Å². The highest BCUT2D eigenvalue weighted by Crippen LogP contribution is 2.52. The van der Waals surface area contributed by atoms with Crippen molar-refractivity contribution in [2.75, 3.05) is 0 Å². The fraction of sp³-hybridized carbons (Fsp3) is 0.160. The van der Waals surface area contributed by atoms with Crippen molar-refractivity contribution in [2.45, 2.75) is 55.4 Å². The van der Waals surface area contributed by atoms with Crippen molar-refractivity contribution in [3.63, 3.8) is 0 Å². The smallest absolute Gasteiger partial charge is 0.136 e. The van der Waals surface area contributed by atoms with Crippen molar-refractivity contribution >= 4 is 54.3 Å². The molecule has 9 aromatic rings. The van der Waals surface area contributed by atoms with Gasteiger partial charge in [-0.2, -0.15) is 0 Å². The monoisotopic (exact) mass is 658 g/mol. The second kappa shape index (κ2) is 11.4. The van der Waals surface area contributed by atoms with Crippen LogP contribution in [-0.4, -0.2) is 0 Å². The number of para-hydroxylation sites is 1. The molecule has 1 heterocycles. The number of hydrogen-bond acceptors (Lipinski definition) is 1. The van der Waals surface area contributed by atoms with Crippen molar-refractivity contribution in [1.29, 1.82) is 0 Å². The normalized spacial score (nSPS) is 11.9. The molecule has 0 amide bonds. The first-order valence-electron chi connectivity index (χ1n) is 18.1. The van der Waals surface area contributed by atoms with E-state index in [9.17, 15) is 0 Å². The molecule has 51 heavy (non-hydrogen) atoms. The van der Waals surface area contributed by atoms with Gasteiger partial charge < -0.3 is 4.42 Å². The van der Waals surface area contributed by atoms with Crippen molar-refractivity contribution in [2.24, 2.45) is 0 Å². The quantitative estimate of drug-likeness (QED) is 0.172. The van der Waals surface area contributed by atoms with Crippen molar-refractivity contribution < 1.29 is 4.42 Å². The van der Waals surface area contributed by atoms with E-state index in [0.717, 1.165) is 16.6 Å². The summed E-state index contributed by atoms with van der Waals surface area (Å²) in [7, 11) is 0. The summed E-state index contributed by atoms with van der Waals surface area (Å²) in [6, 6.07) is 39.8. The molecule has 1 nitrogen and oxygen atoms in total. The van der Waals surface area contributed by atoms with Gasteiger partial charge in [-0.15, -0.1) is 0 Å². The predicted octanol–water partition coefficient (Wildman–Crippen LogP) is 14.5. The van der Waals surface area contributed by atoms with E-state index >= 15 is 0 Å². The summed E-state index contributed by atoms with van der Waals surface area (Å²) in [5, 5.41) is 10.3. The standard InChI is InChI=1S/C50H42O/c1-27-29(3)33(7)46-44(31(27)5)48(37-23-20-36(21-24-37)39-25-22-35-14-9-10-15-38(35)26-39)45-32(6)28(2)30(4)34(8)47(45)50(46)41-17-13-19-43-49(41)40-16-11-12-18-42(40)51-43/h9-26H,1-8H3. The summed E-state index contributed by atoms with van der Waals surface area (Å²) >= 11 is 0. The molecule has 0 unspecified atom stereocenters. The highest BCUT2D eigenvalue weighted by atomic mass is 16.3. The first-order chi connectivity index (χ1) is 24.7. The molecule has 0 radical (unpaired) electrons. The minimum Gasteiger partial charge on any atom is -0.456 e. The highest BCUT2D eigenvalue weighted by molar-refractivity contribution is 6.28. The lowest BCUT2D eigenvalue weighted by molar-refractivity contribution is 0.669. The zero-order valence-electron chi connectivity index (χ0n) is 30.8. The molecule has 9 rings (SSSR count). The Morgan fingerprint density at radius 3 is 1.45 bits per heavy atom. The summed E-state index contributed by atoms with van der Waals surface area (Å²) < 4.78 is 6.50. The molecule has 0 N–H and O–H groups in total. The van der Waals surface area contributed by atoms with E-state index in [2.05, 4.69) is 165 Å². The topological polar surface area (TPSA) is 13.1 Å². The first kappa shape index (κ1) is 31.3. The average molecular weight is 659 g/mol. The van der Waals surface area contributed by atoms with E-state index < -0.39 is 0 Å². The SMILES string of the molecule is Cc1c(C)c(C)c2c(-c3cccc4oc5ccccc5c34)c3c(C)c(C)c(C)c(C)c3c(-c3ccc(-c4ccc5ccccc5c4)cc3)c2c1C. The van der Waals surface area contributed by atoms with Crippen LogP contribution in [0.2, 0.25) is 0 Å². The summed E-state index contributed by atoms with van der Waals surface area (Å²) in [4.78, 5) is 0. The Balaban J connectivity index is 1.45. The molecular formula is C50H42O. The van der Waals surface area contributed by atoms with Crippen molar-refractivity contribution in [3.8, 4) is 33.4 Å². The van der Waals surface area contributed by atoms with Gasteiger partial charge in [-0.25, -0.2) is 0 Å². The van der Waals surface area contributed by atoms with Crippen LogP contribution in [-0.2, 0) is 0 Å². The Morgan fingerprint density at radius 1 is 0.333 bits per heavy atom. The summed E-state index contributed by atoms with van der Waals surface area (Å²) in [6.07, 6.45) is 0. The minimum atomic E-state index is 0.927. The maximum atomic E-state index is 6.50. The molecule has 0 fully saturated rings. The van der Waals surface area contributed by atoms with Crippen LogP contribution >= 0.6 is 0 Å². The molecule has 1 heteroatoms. The van der Waals surface area contributed by atoms with Crippen LogP contribution < -0.4 is 0 Å². The molecule has 0 atom stereocenters. The van der Waals surface area contributed by atoms with E-state index in [0.29, 0.717) is 0 Å². The molecule has 0 bridgehead atoms. The zero-order valence-corrected chi connectivity index (χ0v) is 30.8. The Kier molecular flexibility index (Phi) is 7.03. The molecule has 0 spiro atoms. The maximum absolute atomic E-state index is 6.50. The van der Waals surface area contributed by atoms with Gasteiger partial charge in [0.2, 0.25) is 0 Å². The molecule has 8 aromatic carbocycles. The van der Waals surface area contributed by atoms with Crippen LogP contribution in [0.15, 0.2) is 114 Å². The largest absolute Gasteiger partial charge is 0.456 e. The molecule has 0 saturated carbocycles. The molecular weight excluding hydrogens is 617 g/mol. The maximum Gasteiger partial charge on any atom is 0.136 e. The number of rotatable bonds is 3. The van der Waals surface area contributed by atoms with Crippen molar-refractivity contribution in [1.82, 2.24) is 0 Å². The molecule has 248 valence electrons. The third kappa shape index (κ3) is 4.47. The third-order valence-electron chi connectivity index (χ3n) is 12.3. The fourth-order valence-electron chi connectivity index (χ4n) is 8.86. The van der Waals surface area contributed by atoms with Crippen LogP contribution in [0, 0.1) is 55.4 Å². The van der Waals surface area contributed by atoms with Crippen molar-refractivity contribution in [3.05, 3.63) is 154 Å². The van der Waals surface area contributed by atoms with E-state index in [1.54, 1.807) is 0 Å². The van der Waals surface area contributed by atoms with Gasteiger partial charge in [0.05, 0.1) is 0 Å². The van der Waals surface area contributed by atoms with Gasteiger partial charge >= 0.3 is 0 Å². The second-order valence-corrected chi connectivity index (χ2v) is 14.7. The van der Waals surface area contributed by atoms with Gasteiger partial charge in [-0.05, 0) is 184 Å². The number of benzene rings is 8. The number of aryl methyl sites for hydroxylation is 4. The van der Waals surface area contributed by atoms with Gasteiger partial charge in [0, 0.05) is 10.8 Å². The lowest BCUT2D eigenvalue weighted by Crippen LogP contribution is -2.03. The van der Waals surface area contributed by atoms with E-state index in [-0.39, 0.29) is 0 Å². The van der Waals surface area contributed by atoms with Crippen LogP contribution in [0.3, 0.4) is 0 Å². The van der Waals surface area contributed by atoms with Crippen LogP contribution in [0.4, 0.5) is 0 Å². The molecule has 0 aliphatic rings. The Morgan fingerprint density at radius 2 is 0.824 bits per heavy atom. The number of fused-ring (bicyclic) bond motifs is 6. The Hall–Kier alpha value is -5.66. The summed E-state index contributed by atoms with van der Waals surface area (Å²) in [6.45, 7) is 18.6. The Bertz CT molecular complexity index is 2830. The molecule has 0 aliphatic heterocycles. The third-order valence-corrected chi connectivity index (χ3v) is 12.3. The van der Waals surface area contributed by atoms with E-state index in [4.69, 9.17) is 4.42 Å². The number of furan rings is 1. The molecule has 0 saturated heterocycles. The first-order valence-corrected chi connectivity index (χ1v) is 18.1.